The van der Waals surface area contributed by atoms with Crippen molar-refractivity contribution in [2.24, 2.45) is 0 Å². The summed E-state index contributed by atoms with van der Waals surface area (Å²) in [5.74, 6) is 0.926. The molecule has 0 spiro atoms. The fourth-order valence-electron chi connectivity index (χ4n) is 3.32. The third-order valence-electron chi connectivity index (χ3n) is 4.52. The van der Waals surface area contributed by atoms with Crippen molar-refractivity contribution in [2.75, 3.05) is 42.4 Å². The molecule has 4 rings (SSSR count). The number of hydrogen-bond acceptors (Lipinski definition) is 6. The molecule has 2 aromatic rings. The topological polar surface area (TPSA) is 41.5 Å². The van der Waals surface area contributed by atoms with E-state index in [0.717, 1.165) is 44.4 Å². The van der Waals surface area contributed by atoms with Gasteiger partial charge >= 0.3 is 0 Å². The lowest BCUT2D eigenvalue weighted by atomic mass is 10.1. The van der Waals surface area contributed by atoms with E-state index in [0.29, 0.717) is 11.3 Å². The van der Waals surface area contributed by atoms with Crippen molar-refractivity contribution >= 4 is 34.9 Å². The first-order chi connectivity index (χ1) is 11.7. The van der Waals surface area contributed by atoms with E-state index in [4.69, 9.17) is 16.3 Å². The predicted molar refractivity (Wildman–Crippen MR) is 98.3 cm³/mol. The molecule has 0 amide bonds. The van der Waals surface area contributed by atoms with E-state index in [2.05, 4.69) is 50.3 Å². The van der Waals surface area contributed by atoms with Gasteiger partial charge in [-0.3, -0.25) is 0 Å². The number of fused-ring (bicyclic) bond motifs is 3. The van der Waals surface area contributed by atoms with Gasteiger partial charge in [0, 0.05) is 24.5 Å². The summed E-state index contributed by atoms with van der Waals surface area (Å²) in [6.07, 6.45) is 3.93. The van der Waals surface area contributed by atoms with Crippen LogP contribution in [-0.2, 0) is 11.3 Å². The largest absolute Gasteiger partial charge is 0.377 e. The van der Waals surface area contributed by atoms with Crippen LogP contribution < -0.4 is 9.80 Å². The Morgan fingerprint density at radius 2 is 2.17 bits per heavy atom. The van der Waals surface area contributed by atoms with Crippen LogP contribution in [0.4, 0.5) is 11.5 Å². The molecule has 1 aromatic carbocycles. The molecular formula is C17H19ClN4OS. The molecule has 0 N–H and O–H groups in total. The van der Waals surface area contributed by atoms with Crippen molar-refractivity contribution in [3.63, 3.8) is 0 Å². The Morgan fingerprint density at radius 1 is 1.33 bits per heavy atom. The number of nitrogens with zero attached hydrogens (tertiary/aromatic N) is 4. The maximum atomic E-state index is 6.05. The number of benzene rings is 1. The van der Waals surface area contributed by atoms with Crippen molar-refractivity contribution in [3.05, 3.63) is 41.3 Å². The van der Waals surface area contributed by atoms with Gasteiger partial charge < -0.3 is 14.5 Å². The number of halogens is 1. The second kappa shape index (κ2) is 6.78. The molecule has 3 heterocycles. The Balaban J connectivity index is 1.64. The number of aromatic nitrogens is 2. The molecule has 2 aliphatic rings. The predicted octanol–water partition coefficient (Wildman–Crippen LogP) is 3.08. The fourth-order valence-corrected chi connectivity index (χ4v) is 3.86. The second-order valence-corrected chi connectivity index (χ2v) is 7.22. The first-order valence-electron chi connectivity index (χ1n) is 7.99. The van der Waals surface area contributed by atoms with Gasteiger partial charge in [0.2, 0.25) is 5.28 Å². The molecule has 24 heavy (non-hydrogen) atoms. The van der Waals surface area contributed by atoms with E-state index in [9.17, 15) is 0 Å². The molecule has 126 valence electrons. The summed E-state index contributed by atoms with van der Waals surface area (Å²) >= 11 is 7.81. The van der Waals surface area contributed by atoms with Crippen molar-refractivity contribution in [1.82, 2.24) is 9.97 Å². The van der Waals surface area contributed by atoms with Gasteiger partial charge in [-0.25, -0.2) is 4.98 Å². The average Bonchev–Trinajstić information content (AvgIpc) is 2.62. The van der Waals surface area contributed by atoms with Gasteiger partial charge in [0.25, 0.3) is 0 Å². The van der Waals surface area contributed by atoms with Gasteiger partial charge in [0.1, 0.15) is 0 Å². The zero-order chi connectivity index (χ0) is 16.5. The third-order valence-corrected chi connectivity index (χ3v) is 5.45. The molecule has 1 atom stereocenters. The van der Waals surface area contributed by atoms with Crippen LogP contribution >= 0.6 is 23.4 Å². The van der Waals surface area contributed by atoms with Crippen LogP contribution in [0.15, 0.2) is 35.4 Å². The third kappa shape index (κ3) is 3.06. The van der Waals surface area contributed by atoms with E-state index in [1.807, 2.05) is 6.20 Å². The summed E-state index contributed by atoms with van der Waals surface area (Å²) in [5, 5.41) is 0.296. The summed E-state index contributed by atoms with van der Waals surface area (Å²) in [4.78, 5) is 14.6. The summed E-state index contributed by atoms with van der Waals surface area (Å²) in [5.41, 5.74) is 2.32. The number of hydrogen-bond donors (Lipinski definition) is 0. The minimum absolute atomic E-state index is 0.296. The Morgan fingerprint density at radius 3 is 2.96 bits per heavy atom. The lowest BCUT2D eigenvalue weighted by Gasteiger charge is -2.45. The number of rotatable bonds is 3. The standard InChI is InChI=1S/C17H19ClN4OS/c1-24-14-4-2-12(3-5-14)9-21-10-13-11-23-7-6-22(13)16-15(21)8-19-17(18)20-16/h2-5,8,13H,6-7,9-11H2,1H3. The Labute approximate surface area is 151 Å². The molecule has 1 saturated heterocycles. The van der Waals surface area contributed by atoms with Crippen molar-refractivity contribution in [1.29, 1.82) is 0 Å². The van der Waals surface area contributed by atoms with Crippen LogP contribution in [-0.4, -0.2) is 48.6 Å². The maximum Gasteiger partial charge on any atom is 0.224 e. The van der Waals surface area contributed by atoms with Gasteiger partial charge in [0.15, 0.2) is 5.82 Å². The van der Waals surface area contributed by atoms with Crippen LogP contribution in [0.5, 0.6) is 0 Å². The highest BCUT2D eigenvalue weighted by Gasteiger charge is 2.34. The number of morpholine rings is 1. The smallest absolute Gasteiger partial charge is 0.224 e. The average molecular weight is 363 g/mol. The normalized spacial score (nSPS) is 19.8. The molecule has 0 bridgehead atoms. The molecule has 0 saturated carbocycles. The molecule has 5 nitrogen and oxygen atoms in total. The van der Waals surface area contributed by atoms with Crippen molar-refractivity contribution < 1.29 is 4.74 Å². The molecule has 2 aliphatic heterocycles. The van der Waals surface area contributed by atoms with Gasteiger partial charge in [-0.1, -0.05) is 12.1 Å². The van der Waals surface area contributed by atoms with Gasteiger partial charge in [0.05, 0.1) is 31.1 Å². The van der Waals surface area contributed by atoms with Crippen LogP contribution in [0.1, 0.15) is 5.56 Å². The van der Waals surface area contributed by atoms with E-state index in [1.54, 1.807) is 11.8 Å². The highest BCUT2D eigenvalue weighted by molar-refractivity contribution is 7.98. The Kier molecular flexibility index (Phi) is 4.52. The summed E-state index contributed by atoms with van der Waals surface area (Å²) in [6.45, 7) is 4.04. The first-order valence-corrected chi connectivity index (χ1v) is 9.59. The van der Waals surface area contributed by atoms with Crippen LogP contribution in [0.3, 0.4) is 0 Å². The minimum atomic E-state index is 0.296. The molecule has 1 fully saturated rings. The quantitative estimate of drug-likeness (QED) is 0.617. The monoisotopic (exact) mass is 362 g/mol. The molecular weight excluding hydrogens is 344 g/mol. The van der Waals surface area contributed by atoms with Crippen molar-refractivity contribution in [2.45, 2.75) is 17.5 Å². The number of anilines is 2. The zero-order valence-electron chi connectivity index (χ0n) is 13.5. The van der Waals surface area contributed by atoms with Crippen LogP contribution in [0, 0.1) is 0 Å². The van der Waals surface area contributed by atoms with Gasteiger partial charge in [-0.05, 0) is 35.6 Å². The highest BCUT2D eigenvalue weighted by atomic mass is 35.5. The fraction of sp³-hybridized carbons (Fsp3) is 0.412. The van der Waals surface area contributed by atoms with Crippen LogP contribution in [0.25, 0.3) is 0 Å². The molecule has 0 aliphatic carbocycles. The maximum absolute atomic E-state index is 6.05. The zero-order valence-corrected chi connectivity index (χ0v) is 15.1. The summed E-state index contributed by atoms with van der Waals surface area (Å²) in [6, 6.07) is 9.01. The van der Waals surface area contributed by atoms with E-state index in [1.165, 1.54) is 10.5 Å². The van der Waals surface area contributed by atoms with E-state index >= 15 is 0 Å². The van der Waals surface area contributed by atoms with E-state index < -0.39 is 0 Å². The number of thioether (sulfide) groups is 1. The Bertz CT molecular complexity index is 727. The lowest BCUT2D eigenvalue weighted by molar-refractivity contribution is 0.0936. The summed E-state index contributed by atoms with van der Waals surface area (Å²) < 4.78 is 5.67. The molecule has 0 radical (unpaired) electrons. The SMILES string of the molecule is CSc1ccc(CN2CC3COCCN3c3nc(Cl)ncc32)cc1. The van der Waals surface area contributed by atoms with E-state index in [-0.39, 0.29) is 0 Å². The first kappa shape index (κ1) is 16.0. The van der Waals surface area contributed by atoms with Gasteiger partial charge in [-0.2, -0.15) is 4.98 Å². The van der Waals surface area contributed by atoms with Crippen molar-refractivity contribution in [3.8, 4) is 0 Å². The highest BCUT2D eigenvalue weighted by Crippen LogP contribution is 2.36. The summed E-state index contributed by atoms with van der Waals surface area (Å²) in [7, 11) is 0. The molecule has 7 heteroatoms. The van der Waals surface area contributed by atoms with Crippen LogP contribution in [0.2, 0.25) is 5.28 Å². The van der Waals surface area contributed by atoms with Gasteiger partial charge in [-0.15, -0.1) is 11.8 Å². The lowest BCUT2D eigenvalue weighted by Crippen LogP contribution is -2.55. The molecule has 1 unspecified atom stereocenters. The Hall–Kier alpha value is -1.50. The second-order valence-electron chi connectivity index (χ2n) is 6.00. The molecule has 1 aromatic heterocycles. The number of ether oxygens (including phenoxy) is 1. The minimum Gasteiger partial charge on any atom is -0.377 e.